The van der Waals surface area contributed by atoms with Crippen LogP contribution in [0, 0.1) is 0 Å². The van der Waals surface area contributed by atoms with E-state index in [1.165, 1.54) is 11.1 Å². The number of pyridine rings is 1. The van der Waals surface area contributed by atoms with Gasteiger partial charge in [-0.3, -0.25) is 4.79 Å². The van der Waals surface area contributed by atoms with Gasteiger partial charge < -0.3 is 19.5 Å². The molecule has 1 aliphatic heterocycles. The second kappa shape index (κ2) is 10.0. The first kappa shape index (κ1) is 22.8. The normalized spacial score (nSPS) is 15.1. The summed E-state index contributed by atoms with van der Waals surface area (Å²) in [6.07, 6.45) is 4.21. The van der Waals surface area contributed by atoms with Gasteiger partial charge in [0.1, 0.15) is 11.9 Å². The molecule has 172 valence electrons. The zero-order chi connectivity index (χ0) is 23.4. The van der Waals surface area contributed by atoms with Gasteiger partial charge in [0.2, 0.25) is 5.88 Å². The van der Waals surface area contributed by atoms with E-state index >= 15 is 0 Å². The van der Waals surface area contributed by atoms with Crippen molar-refractivity contribution in [3.63, 3.8) is 0 Å². The Morgan fingerprint density at radius 3 is 2.79 bits per heavy atom. The minimum absolute atomic E-state index is 0.0332. The van der Waals surface area contributed by atoms with Crippen LogP contribution in [-0.4, -0.2) is 42.2 Å². The molecule has 0 fully saturated rings. The molecule has 2 heterocycles. The van der Waals surface area contributed by atoms with Gasteiger partial charge in [0.25, 0.3) is 0 Å². The number of rotatable bonds is 8. The van der Waals surface area contributed by atoms with Crippen LogP contribution in [0.15, 0.2) is 54.7 Å². The SMILES string of the molecule is COc1cc(-c2ccc([C@@H]3CCc4ccc(CCC(=O)O)cc4O3)cc2CN(C)C)ccn1. The molecule has 0 amide bonds. The highest BCUT2D eigenvalue weighted by atomic mass is 16.5. The summed E-state index contributed by atoms with van der Waals surface area (Å²) in [5.41, 5.74) is 6.77. The fourth-order valence-corrected chi connectivity index (χ4v) is 4.31. The van der Waals surface area contributed by atoms with Crippen LogP contribution < -0.4 is 9.47 Å². The van der Waals surface area contributed by atoms with E-state index in [1.807, 2.05) is 24.3 Å². The molecule has 0 spiro atoms. The van der Waals surface area contributed by atoms with E-state index in [1.54, 1.807) is 13.3 Å². The maximum absolute atomic E-state index is 10.9. The number of aryl methyl sites for hydroxylation is 2. The lowest BCUT2D eigenvalue weighted by Gasteiger charge is -2.28. The first-order valence-electron chi connectivity index (χ1n) is 11.2. The van der Waals surface area contributed by atoms with Gasteiger partial charge in [-0.15, -0.1) is 0 Å². The Balaban J connectivity index is 1.61. The van der Waals surface area contributed by atoms with Gasteiger partial charge in [0.15, 0.2) is 0 Å². The van der Waals surface area contributed by atoms with Crippen LogP contribution >= 0.6 is 0 Å². The van der Waals surface area contributed by atoms with E-state index in [2.05, 4.69) is 48.2 Å². The Kier molecular flexibility index (Phi) is 6.94. The Hall–Kier alpha value is -3.38. The van der Waals surface area contributed by atoms with Crippen molar-refractivity contribution in [2.24, 2.45) is 0 Å². The lowest BCUT2D eigenvalue weighted by molar-refractivity contribution is -0.136. The molecule has 1 aliphatic rings. The van der Waals surface area contributed by atoms with Crippen molar-refractivity contribution in [1.29, 1.82) is 0 Å². The van der Waals surface area contributed by atoms with Crippen LogP contribution in [0.3, 0.4) is 0 Å². The van der Waals surface area contributed by atoms with Crippen molar-refractivity contribution >= 4 is 5.97 Å². The van der Waals surface area contributed by atoms with Gasteiger partial charge in [-0.2, -0.15) is 0 Å². The summed E-state index contributed by atoms with van der Waals surface area (Å²) in [6, 6.07) is 16.6. The smallest absolute Gasteiger partial charge is 0.303 e. The quantitative estimate of drug-likeness (QED) is 0.531. The predicted molar refractivity (Wildman–Crippen MR) is 128 cm³/mol. The van der Waals surface area contributed by atoms with Crippen molar-refractivity contribution in [1.82, 2.24) is 9.88 Å². The summed E-state index contributed by atoms with van der Waals surface area (Å²) in [4.78, 5) is 17.3. The van der Waals surface area contributed by atoms with E-state index in [0.29, 0.717) is 12.3 Å². The highest BCUT2D eigenvalue weighted by Crippen LogP contribution is 2.37. The lowest BCUT2D eigenvalue weighted by Crippen LogP contribution is -2.17. The average molecular weight is 447 g/mol. The van der Waals surface area contributed by atoms with Gasteiger partial charge in [-0.05, 0) is 78.9 Å². The molecule has 2 aromatic carbocycles. The van der Waals surface area contributed by atoms with Crippen molar-refractivity contribution in [3.8, 4) is 22.8 Å². The topological polar surface area (TPSA) is 71.9 Å². The Bertz CT molecular complexity index is 1140. The van der Waals surface area contributed by atoms with Crippen LogP contribution in [0.1, 0.15) is 41.2 Å². The number of carboxylic acid groups (broad SMARTS) is 1. The maximum atomic E-state index is 10.9. The third kappa shape index (κ3) is 5.52. The Morgan fingerprint density at radius 1 is 1.18 bits per heavy atom. The van der Waals surface area contributed by atoms with Gasteiger partial charge in [0.05, 0.1) is 7.11 Å². The molecule has 3 aromatic rings. The lowest BCUT2D eigenvalue weighted by atomic mass is 9.92. The molecule has 4 rings (SSSR count). The van der Waals surface area contributed by atoms with Crippen LogP contribution in [0.25, 0.3) is 11.1 Å². The van der Waals surface area contributed by atoms with Crippen LogP contribution in [0.4, 0.5) is 0 Å². The number of hydrogen-bond donors (Lipinski definition) is 1. The molecule has 0 saturated heterocycles. The van der Waals surface area contributed by atoms with E-state index in [-0.39, 0.29) is 12.5 Å². The highest BCUT2D eigenvalue weighted by molar-refractivity contribution is 5.69. The molecule has 6 heteroatoms. The number of hydrogen-bond acceptors (Lipinski definition) is 5. The molecule has 6 nitrogen and oxygen atoms in total. The first-order chi connectivity index (χ1) is 15.9. The minimum Gasteiger partial charge on any atom is -0.485 e. The number of fused-ring (bicyclic) bond motifs is 1. The molecule has 0 saturated carbocycles. The molecule has 0 radical (unpaired) electrons. The number of ether oxygens (including phenoxy) is 2. The molecule has 0 aliphatic carbocycles. The van der Waals surface area contributed by atoms with E-state index in [4.69, 9.17) is 14.6 Å². The molecule has 1 N–H and O–H groups in total. The standard InChI is InChI=1S/C27H30N2O4/c1-29(2)17-22-15-21(7-9-23(22)20-12-13-28-26(16-20)32-3)24-10-8-19-6-4-18(5-11-27(30)31)14-25(19)33-24/h4,6-7,9,12-16,24H,5,8,10-11,17H2,1-3H3,(H,30,31)/t24-/m0/s1. The summed E-state index contributed by atoms with van der Waals surface area (Å²) < 4.78 is 11.7. The number of benzene rings is 2. The monoisotopic (exact) mass is 446 g/mol. The van der Waals surface area contributed by atoms with Crippen molar-refractivity contribution in [3.05, 3.63) is 77.0 Å². The molecule has 33 heavy (non-hydrogen) atoms. The third-order valence-corrected chi connectivity index (χ3v) is 5.95. The number of nitrogens with zero attached hydrogens (tertiary/aromatic N) is 2. The molecule has 0 bridgehead atoms. The second-order valence-electron chi connectivity index (χ2n) is 8.72. The molecule has 0 unspecified atom stereocenters. The zero-order valence-electron chi connectivity index (χ0n) is 19.4. The minimum atomic E-state index is -0.785. The fourth-order valence-electron chi connectivity index (χ4n) is 4.31. The maximum Gasteiger partial charge on any atom is 0.303 e. The van der Waals surface area contributed by atoms with Crippen LogP contribution in [0.2, 0.25) is 0 Å². The number of carbonyl (C=O) groups is 1. The van der Waals surface area contributed by atoms with Gasteiger partial charge >= 0.3 is 5.97 Å². The summed E-state index contributed by atoms with van der Waals surface area (Å²) >= 11 is 0. The summed E-state index contributed by atoms with van der Waals surface area (Å²) in [7, 11) is 5.76. The number of aromatic nitrogens is 1. The molecular weight excluding hydrogens is 416 g/mol. The average Bonchev–Trinajstić information content (AvgIpc) is 2.81. The summed E-state index contributed by atoms with van der Waals surface area (Å²) in [6.45, 7) is 0.802. The number of methoxy groups -OCH3 is 1. The van der Waals surface area contributed by atoms with Crippen molar-refractivity contribution in [2.45, 2.75) is 38.3 Å². The second-order valence-corrected chi connectivity index (χ2v) is 8.72. The van der Waals surface area contributed by atoms with E-state index in [9.17, 15) is 4.79 Å². The predicted octanol–water partition coefficient (Wildman–Crippen LogP) is 4.90. The van der Waals surface area contributed by atoms with Gasteiger partial charge in [-0.1, -0.05) is 30.3 Å². The zero-order valence-corrected chi connectivity index (χ0v) is 19.4. The largest absolute Gasteiger partial charge is 0.485 e. The third-order valence-electron chi connectivity index (χ3n) is 5.95. The van der Waals surface area contributed by atoms with E-state index in [0.717, 1.165) is 47.4 Å². The Morgan fingerprint density at radius 2 is 2.03 bits per heavy atom. The molecular formula is C27H30N2O4. The van der Waals surface area contributed by atoms with Crippen molar-refractivity contribution in [2.75, 3.05) is 21.2 Å². The van der Waals surface area contributed by atoms with Crippen LogP contribution in [0.5, 0.6) is 11.6 Å². The van der Waals surface area contributed by atoms with Gasteiger partial charge in [-0.25, -0.2) is 4.98 Å². The molecule has 1 aromatic heterocycles. The summed E-state index contributed by atoms with van der Waals surface area (Å²) in [5, 5.41) is 8.98. The highest BCUT2D eigenvalue weighted by Gasteiger charge is 2.23. The number of aliphatic carboxylic acids is 1. The molecule has 1 atom stereocenters. The Labute approximate surface area is 194 Å². The van der Waals surface area contributed by atoms with Crippen molar-refractivity contribution < 1.29 is 19.4 Å². The summed E-state index contributed by atoms with van der Waals surface area (Å²) in [5.74, 6) is 0.677. The number of carboxylic acids is 1. The van der Waals surface area contributed by atoms with Crippen LogP contribution in [-0.2, 0) is 24.2 Å². The van der Waals surface area contributed by atoms with Gasteiger partial charge in [0, 0.05) is 25.2 Å². The van der Waals surface area contributed by atoms with E-state index < -0.39 is 5.97 Å². The first-order valence-corrected chi connectivity index (χ1v) is 11.2. The fraction of sp³-hybridized carbons (Fsp3) is 0.333.